The molecule has 0 aliphatic carbocycles. The van der Waals surface area contributed by atoms with Gasteiger partial charge in [-0.05, 0) is 18.1 Å². The Hall–Kier alpha value is -1.10. The highest BCUT2D eigenvalue weighted by molar-refractivity contribution is 9.08. The SMILES string of the molecule is CCCOc1cc(CBr)cc([N+](=O)[O-])c1. The molecule has 15 heavy (non-hydrogen) atoms. The van der Waals surface area contributed by atoms with Crippen molar-refractivity contribution in [2.45, 2.75) is 18.7 Å². The number of ether oxygens (including phenoxy) is 1. The van der Waals surface area contributed by atoms with Gasteiger partial charge in [-0.15, -0.1) is 0 Å². The number of nitrogens with zero attached hydrogens (tertiary/aromatic N) is 1. The van der Waals surface area contributed by atoms with Crippen molar-refractivity contribution in [3.8, 4) is 5.75 Å². The average Bonchev–Trinajstić information content (AvgIpc) is 2.25. The fourth-order valence-electron chi connectivity index (χ4n) is 1.13. The number of halogens is 1. The number of nitro benzene ring substituents is 1. The normalized spacial score (nSPS) is 10.0. The summed E-state index contributed by atoms with van der Waals surface area (Å²) in [6, 6.07) is 4.78. The number of alkyl halides is 1. The highest BCUT2D eigenvalue weighted by Gasteiger charge is 2.09. The lowest BCUT2D eigenvalue weighted by Crippen LogP contribution is -1.97. The number of hydrogen-bond donors (Lipinski definition) is 0. The molecule has 0 unspecified atom stereocenters. The van der Waals surface area contributed by atoms with E-state index in [9.17, 15) is 10.1 Å². The van der Waals surface area contributed by atoms with Gasteiger partial charge in [0.2, 0.25) is 0 Å². The fourth-order valence-corrected chi connectivity index (χ4v) is 1.45. The number of nitro groups is 1. The van der Waals surface area contributed by atoms with E-state index < -0.39 is 4.92 Å². The van der Waals surface area contributed by atoms with Crippen molar-refractivity contribution in [2.75, 3.05) is 6.61 Å². The highest BCUT2D eigenvalue weighted by atomic mass is 79.9. The first-order valence-corrected chi connectivity index (χ1v) is 5.76. The monoisotopic (exact) mass is 273 g/mol. The van der Waals surface area contributed by atoms with Crippen molar-refractivity contribution in [1.82, 2.24) is 0 Å². The van der Waals surface area contributed by atoms with E-state index in [0.717, 1.165) is 12.0 Å². The summed E-state index contributed by atoms with van der Waals surface area (Å²) in [6.45, 7) is 2.56. The summed E-state index contributed by atoms with van der Waals surface area (Å²) in [4.78, 5) is 10.2. The molecule has 0 aliphatic heterocycles. The average molecular weight is 274 g/mol. The van der Waals surface area contributed by atoms with Crippen LogP contribution in [0, 0.1) is 10.1 Å². The van der Waals surface area contributed by atoms with Crippen molar-refractivity contribution >= 4 is 21.6 Å². The van der Waals surface area contributed by atoms with Gasteiger partial charge in [-0.25, -0.2) is 0 Å². The van der Waals surface area contributed by atoms with Crippen LogP contribution in [0.5, 0.6) is 5.75 Å². The molecule has 0 bridgehead atoms. The number of hydrogen-bond acceptors (Lipinski definition) is 3. The van der Waals surface area contributed by atoms with Gasteiger partial charge in [-0.2, -0.15) is 0 Å². The van der Waals surface area contributed by atoms with Gasteiger partial charge in [0.25, 0.3) is 5.69 Å². The first-order valence-electron chi connectivity index (χ1n) is 4.64. The second-order valence-electron chi connectivity index (χ2n) is 3.07. The maximum Gasteiger partial charge on any atom is 0.273 e. The molecule has 1 aromatic carbocycles. The molecule has 1 rings (SSSR count). The van der Waals surface area contributed by atoms with Gasteiger partial charge in [0.15, 0.2) is 0 Å². The van der Waals surface area contributed by atoms with Gasteiger partial charge in [-0.1, -0.05) is 22.9 Å². The van der Waals surface area contributed by atoms with E-state index in [1.165, 1.54) is 12.1 Å². The minimum absolute atomic E-state index is 0.0676. The van der Waals surface area contributed by atoms with Gasteiger partial charge >= 0.3 is 0 Å². The topological polar surface area (TPSA) is 52.4 Å². The number of benzene rings is 1. The molecule has 0 heterocycles. The Morgan fingerprint density at radius 3 is 2.73 bits per heavy atom. The largest absolute Gasteiger partial charge is 0.493 e. The third-order valence-electron chi connectivity index (χ3n) is 1.79. The van der Waals surface area contributed by atoms with Crippen LogP contribution in [-0.2, 0) is 5.33 Å². The van der Waals surface area contributed by atoms with Crippen molar-refractivity contribution in [3.05, 3.63) is 33.9 Å². The Morgan fingerprint density at radius 1 is 1.47 bits per heavy atom. The second kappa shape index (κ2) is 5.70. The lowest BCUT2D eigenvalue weighted by Gasteiger charge is -2.05. The zero-order valence-electron chi connectivity index (χ0n) is 8.40. The van der Waals surface area contributed by atoms with Gasteiger partial charge in [-0.3, -0.25) is 10.1 Å². The lowest BCUT2D eigenvalue weighted by molar-refractivity contribution is -0.385. The third-order valence-corrected chi connectivity index (χ3v) is 2.44. The Kier molecular flexibility index (Phi) is 4.55. The van der Waals surface area contributed by atoms with E-state index in [1.54, 1.807) is 6.07 Å². The number of non-ortho nitro benzene ring substituents is 1. The molecule has 0 aliphatic rings. The molecule has 82 valence electrons. The quantitative estimate of drug-likeness (QED) is 0.470. The summed E-state index contributed by atoms with van der Waals surface area (Å²) >= 11 is 3.26. The summed E-state index contributed by atoms with van der Waals surface area (Å²) in [5.41, 5.74) is 0.911. The van der Waals surface area contributed by atoms with Crippen LogP contribution in [0.15, 0.2) is 18.2 Å². The third kappa shape index (κ3) is 3.51. The molecule has 0 fully saturated rings. The van der Waals surface area contributed by atoms with E-state index in [-0.39, 0.29) is 5.69 Å². The van der Waals surface area contributed by atoms with Crippen molar-refractivity contribution in [3.63, 3.8) is 0 Å². The van der Waals surface area contributed by atoms with Gasteiger partial charge in [0, 0.05) is 11.4 Å². The fraction of sp³-hybridized carbons (Fsp3) is 0.400. The van der Waals surface area contributed by atoms with Gasteiger partial charge < -0.3 is 4.74 Å². The molecular formula is C10H12BrNO3. The van der Waals surface area contributed by atoms with Gasteiger partial charge in [0.1, 0.15) is 5.75 Å². The predicted octanol–water partition coefficient (Wildman–Crippen LogP) is 3.28. The minimum atomic E-state index is -0.412. The Morgan fingerprint density at radius 2 is 2.20 bits per heavy atom. The Balaban J connectivity index is 2.95. The maximum absolute atomic E-state index is 10.6. The molecule has 0 amide bonds. The summed E-state index contributed by atoms with van der Waals surface area (Å²) in [5.74, 6) is 0.556. The second-order valence-corrected chi connectivity index (χ2v) is 3.64. The van der Waals surface area contributed by atoms with E-state index in [2.05, 4.69) is 15.9 Å². The first kappa shape index (κ1) is 12.0. The van der Waals surface area contributed by atoms with Crippen LogP contribution in [0.25, 0.3) is 0 Å². The van der Waals surface area contributed by atoms with Crippen LogP contribution in [0.2, 0.25) is 0 Å². The van der Waals surface area contributed by atoms with Crippen LogP contribution in [0.4, 0.5) is 5.69 Å². The molecule has 0 aromatic heterocycles. The zero-order valence-corrected chi connectivity index (χ0v) is 9.99. The molecule has 4 nitrogen and oxygen atoms in total. The first-order chi connectivity index (χ1) is 7.17. The summed E-state index contributed by atoms with van der Waals surface area (Å²) in [5, 5.41) is 11.2. The van der Waals surface area contributed by atoms with Crippen molar-refractivity contribution in [1.29, 1.82) is 0 Å². The highest BCUT2D eigenvalue weighted by Crippen LogP contribution is 2.24. The smallest absolute Gasteiger partial charge is 0.273 e. The van der Waals surface area contributed by atoms with E-state index in [4.69, 9.17) is 4.74 Å². The van der Waals surface area contributed by atoms with Crippen LogP contribution in [-0.4, -0.2) is 11.5 Å². The lowest BCUT2D eigenvalue weighted by atomic mass is 10.2. The standard InChI is InChI=1S/C10H12BrNO3/c1-2-3-15-10-5-8(7-11)4-9(6-10)12(13)14/h4-6H,2-3,7H2,1H3. The molecule has 0 N–H and O–H groups in total. The molecule has 0 saturated carbocycles. The van der Waals surface area contributed by atoms with Crippen LogP contribution in [0.1, 0.15) is 18.9 Å². The molecule has 5 heteroatoms. The molecule has 0 spiro atoms. The molecule has 0 atom stereocenters. The molecular weight excluding hydrogens is 262 g/mol. The molecule has 0 saturated heterocycles. The maximum atomic E-state index is 10.6. The van der Waals surface area contributed by atoms with Crippen molar-refractivity contribution in [2.24, 2.45) is 0 Å². The van der Waals surface area contributed by atoms with Crippen LogP contribution >= 0.6 is 15.9 Å². The predicted molar refractivity (Wildman–Crippen MR) is 61.5 cm³/mol. The van der Waals surface area contributed by atoms with E-state index in [0.29, 0.717) is 17.7 Å². The summed E-state index contributed by atoms with van der Waals surface area (Å²) < 4.78 is 5.36. The number of rotatable bonds is 5. The Labute approximate surface area is 96.5 Å². The van der Waals surface area contributed by atoms with Crippen LogP contribution < -0.4 is 4.74 Å². The molecule has 0 radical (unpaired) electrons. The molecule has 1 aromatic rings. The van der Waals surface area contributed by atoms with Gasteiger partial charge in [0.05, 0.1) is 17.6 Å². The van der Waals surface area contributed by atoms with E-state index in [1.807, 2.05) is 6.92 Å². The summed E-state index contributed by atoms with van der Waals surface area (Å²) in [7, 11) is 0. The minimum Gasteiger partial charge on any atom is -0.493 e. The van der Waals surface area contributed by atoms with E-state index >= 15 is 0 Å². The van der Waals surface area contributed by atoms with Crippen LogP contribution in [0.3, 0.4) is 0 Å². The Bertz CT molecular complexity index is 355. The summed E-state index contributed by atoms with van der Waals surface area (Å²) in [6.07, 6.45) is 0.881. The van der Waals surface area contributed by atoms with Crippen molar-refractivity contribution < 1.29 is 9.66 Å². The zero-order chi connectivity index (χ0) is 11.3.